The minimum Gasteiger partial charge on any atom is -0.352 e. The lowest BCUT2D eigenvalue weighted by molar-refractivity contribution is -0.117. The smallest absolute Gasteiger partial charge is 0.256 e. The molecule has 0 saturated heterocycles. The Morgan fingerprint density at radius 3 is 2.83 bits per heavy atom. The van der Waals surface area contributed by atoms with Gasteiger partial charge in [0.1, 0.15) is 0 Å². The highest BCUT2D eigenvalue weighted by molar-refractivity contribution is 7.90. The van der Waals surface area contributed by atoms with Crippen molar-refractivity contribution in [3.8, 4) is 0 Å². The third-order valence-corrected chi connectivity index (χ3v) is 4.79. The van der Waals surface area contributed by atoms with Gasteiger partial charge in [0, 0.05) is 19.3 Å². The van der Waals surface area contributed by atoms with E-state index in [9.17, 15) is 13.2 Å². The van der Waals surface area contributed by atoms with E-state index < -0.39 is 10.0 Å². The van der Waals surface area contributed by atoms with Crippen LogP contribution < -0.4 is 5.32 Å². The molecule has 0 saturated carbocycles. The summed E-state index contributed by atoms with van der Waals surface area (Å²) in [4.78, 5) is 14.0. The van der Waals surface area contributed by atoms with Gasteiger partial charge in [0.2, 0.25) is 0 Å². The van der Waals surface area contributed by atoms with Crippen LogP contribution in [0.3, 0.4) is 0 Å². The van der Waals surface area contributed by atoms with Crippen molar-refractivity contribution >= 4 is 21.8 Å². The van der Waals surface area contributed by atoms with Crippen molar-refractivity contribution in [1.82, 2.24) is 10.2 Å². The van der Waals surface area contributed by atoms with Gasteiger partial charge in [-0.2, -0.15) is 0 Å². The van der Waals surface area contributed by atoms with Gasteiger partial charge in [-0.3, -0.25) is 4.79 Å². The van der Waals surface area contributed by atoms with E-state index in [4.69, 9.17) is 0 Å². The van der Waals surface area contributed by atoms with Crippen molar-refractivity contribution in [2.45, 2.75) is 6.42 Å². The number of nitrogens with one attached hydrogen (secondary N) is 1. The first-order chi connectivity index (χ1) is 11.1. The average Bonchev–Trinajstić information content (AvgIpc) is 2.54. The number of allylic oxidation sites excluding steroid dienone is 2. The Balaban J connectivity index is 1.68. The zero-order valence-corrected chi connectivity index (χ0v) is 13.3. The molecule has 0 spiro atoms. The summed E-state index contributed by atoms with van der Waals surface area (Å²) in [5, 5.41) is 2.82. The van der Waals surface area contributed by atoms with Gasteiger partial charge in [-0.1, -0.05) is 30.3 Å². The lowest BCUT2D eigenvalue weighted by atomic mass is 10.1. The number of carbonyl (C=O) groups is 1. The maximum atomic E-state index is 12.3. The first-order valence-corrected chi connectivity index (χ1v) is 8.96. The molecular weight excluding hydrogens is 314 g/mol. The van der Waals surface area contributed by atoms with Crippen LogP contribution in [0.5, 0.6) is 0 Å². The zero-order chi connectivity index (χ0) is 16.3. The fourth-order valence-electron chi connectivity index (χ4n) is 2.45. The summed E-state index contributed by atoms with van der Waals surface area (Å²) in [5.41, 5.74) is 1.41. The highest BCUT2D eigenvalue weighted by Crippen LogP contribution is 2.17. The van der Waals surface area contributed by atoms with Gasteiger partial charge >= 0.3 is 0 Å². The fourth-order valence-corrected chi connectivity index (χ4v) is 3.44. The molecule has 23 heavy (non-hydrogen) atoms. The number of rotatable bonds is 4. The Hall–Kier alpha value is -2.41. The summed E-state index contributed by atoms with van der Waals surface area (Å²) in [7, 11) is -3.49. The molecule has 1 amide bonds. The molecule has 0 bridgehead atoms. The molecule has 1 N–H and O–H groups in total. The highest BCUT2D eigenvalue weighted by atomic mass is 32.2. The first kappa shape index (κ1) is 15.5. The molecule has 0 atom stereocenters. The molecule has 2 aliphatic heterocycles. The van der Waals surface area contributed by atoms with Gasteiger partial charge in [-0.15, -0.1) is 4.40 Å². The molecule has 0 aromatic heterocycles. The second kappa shape index (κ2) is 6.37. The number of hydrogen-bond donors (Lipinski definition) is 1. The van der Waals surface area contributed by atoms with Crippen molar-refractivity contribution in [1.29, 1.82) is 0 Å². The quantitative estimate of drug-likeness (QED) is 0.887. The van der Waals surface area contributed by atoms with Gasteiger partial charge in [0.15, 0.2) is 5.84 Å². The fraction of sp³-hybridized carbons (Fsp3) is 0.250. The molecule has 7 heteroatoms. The number of hydrogen-bond acceptors (Lipinski definition) is 4. The summed E-state index contributed by atoms with van der Waals surface area (Å²) < 4.78 is 27.1. The SMILES string of the molecule is O=C(NCCc1ccccc1)C1=CC=CN2CCS(=O)(=O)N=C12. The third kappa shape index (κ3) is 3.68. The van der Waals surface area contributed by atoms with Crippen LogP contribution in [0.2, 0.25) is 0 Å². The standard InChI is InChI=1S/C16H17N3O3S/c20-16(17-9-8-13-5-2-1-3-6-13)14-7-4-10-19-11-12-23(21,22)18-15(14)19/h1-7,10H,8-9,11-12H2,(H,17,20). The van der Waals surface area contributed by atoms with Crippen molar-refractivity contribution < 1.29 is 13.2 Å². The number of amides is 1. The predicted octanol–water partition coefficient (Wildman–Crippen LogP) is 0.843. The van der Waals surface area contributed by atoms with Crippen LogP contribution in [0.25, 0.3) is 0 Å². The summed E-state index contributed by atoms with van der Waals surface area (Å²) in [5.74, 6) is -0.147. The van der Waals surface area contributed by atoms with E-state index >= 15 is 0 Å². The molecular formula is C16H17N3O3S. The predicted molar refractivity (Wildman–Crippen MR) is 88.3 cm³/mol. The molecule has 2 heterocycles. The number of fused-ring (bicyclic) bond motifs is 1. The molecule has 0 aliphatic carbocycles. The minimum absolute atomic E-state index is 0.0380. The molecule has 0 fully saturated rings. The van der Waals surface area contributed by atoms with Crippen LogP contribution in [0.15, 0.2) is 58.7 Å². The molecule has 6 nitrogen and oxygen atoms in total. The van der Waals surface area contributed by atoms with Crippen LogP contribution in [-0.4, -0.2) is 43.9 Å². The third-order valence-electron chi connectivity index (χ3n) is 3.64. The summed E-state index contributed by atoms with van der Waals surface area (Å²) in [6.07, 6.45) is 5.76. The number of carbonyl (C=O) groups excluding carboxylic acids is 1. The molecule has 2 aliphatic rings. The summed E-state index contributed by atoms with van der Waals surface area (Å²) in [6.45, 7) is 0.788. The molecule has 3 rings (SSSR count). The molecule has 1 aromatic carbocycles. The summed E-state index contributed by atoms with van der Waals surface area (Å²) in [6, 6.07) is 9.83. The Labute approximate surface area is 135 Å². The van der Waals surface area contributed by atoms with E-state index in [-0.39, 0.29) is 23.1 Å². The van der Waals surface area contributed by atoms with E-state index in [0.29, 0.717) is 19.5 Å². The Kier molecular flexibility index (Phi) is 4.29. The highest BCUT2D eigenvalue weighted by Gasteiger charge is 2.29. The van der Waals surface area contributed by atoms with Gasteiger partial charge in [-0.25, -0.2) is 8.42 Å². The number of nitrogens with zero attached hydrogens (tertiary/aromatic N) is 2. The Morgan fingerprint density at radius 1 is 1.26 bits per heavy atom. The maximum Gasteiger partial charge on any atom is 0.256 e. The largest absolute Gasteiger partial charge is 0.352 e. The topological polar surface area (TPSA) is 78.8 Å². The van der Waals surface area contributed by atoms with Crippen molar-refractivity contribution in [3.63, 3.8) is 0 Å². The van der Waals surface area contributed by atoms with Crippen LogP contribution >= 0.6 is 0 Å². The molecule has 0 unspecified atom stereocenters. The lowest BCUT2D eigenvalue weighted by Gasteiger charge is -2.28. The monoisotopic (exact) mass is 331 g/mol. The van der Waals surface area contributed by atoms with Crippen LogP contribution in [0.4, 0.5) is 0 Å². The maximum absolute atomic E-state index is 12.3. The van der Waals surface area contributed by atoms with E-state index in [1.54, 1.807) is 23.3 Å². The average molecular weight is 331 g/mol. The number of benzene rings is 1. The second-order valence-electron chi connectivity index (χ2n) is 5.31. The van der Waals surface area contributed by atoms with E-state index in [1.807, 2.05) is 30.3 Å². The second-order valence-corrected chi connectivity index (χ2v) is 7.06. The van der Waals surface area contributed by atoms with E-state index in [0.717, 1.165) is 5.56 Å². The van der Waals surface area contributed by atoms with Gasteiger partial charge < -0.3 is 10.2 Å². The molecule has 1 aromatic rings. The summed E-state index contributed by atoms with van der Waals surface area (Å²) >= 11 is 0. The molecule has 0 radical (unpaired) electrons. The van der Waals surface area contributed by atoms with E-state index in [1.165, 1.54) is 0 Å². The molecule has 120 valence electrons. The van der Waals surface area contributed by atoms with Crippen LogP contribution in [0.1, 0.15) is 5.56 Å². The Bertz CT molecular complexity index is 795. The van der Waals surface area contributed by atoms with Crippen LogP contribution in [0, 0.1) is 0 Å². The van der Waals surface area contributed by atoms with E-state index in [2.05, 4.69) is 9.71 Å². The zero-order valence-electron chi connectivity index (χ0n) is 12.5. The normalized spacial score (nSPS) is 18.7. The van der Waals surface area contributed by atoms with Gasteiger partial charge in [-0.05, 0) is 24.1 Å². The number of sulfonamides is 1. The Morgan fingerprint density at radius 2 is 2.04 bits per heavy atom. The van der Waals surface area contributed by atoms with Gasteiger partial charge in [0.25, 0.3) is 15.9 Å². The van der Waals surface area contributed by atoms with Gasteiger partial charge in [0.05, 0.1) is 11.3 Å². The minimum atomic E-state index is -3.49. The van der Waals surface area contributed by atoms with Crippen molar-refractivity contribution in [3.05, 3.63) is 59.8 Å². The van der Waals surface area contributed by atoms with Crippen molar-refractivity contribution in [2.75, 3.05) is 18.8 Å². The first-order valence-electron chi connectivity index (χ1n) is 7.35. The number of amidine groups is 1. The lowest BCUT2D eigenvalue weighted by Crippen LogP contribution is -2.42. The van der Waals surface area contributed by atoms with Crippen molar-refractivity contribution in [2.24, 2.45) is 4.40 Å². The van der Waals surface area contributed by atoms with Crippen LogP contribution in [-0.2, 0) is 21.2 Å².